The molecule has 1 aliphatic heterocycles. The van der Waals surface area contributed by atoms with Crippen molar-refractivity contribution in [3.05, 3.63) is 34.5 Å². The van der Waals surface area contributed by atoms with Gasteiger partial charge in [0.1, 0.15) is 5.82 Å². The van der Waals surface area contributed by atoms with E-state index >= 15 is 0 Å². The summed E-state index contributed by atoms with van der Waals surface area (Å²) in [5, 5.41) is 1.05. The average Bonchev–Trinajstić information content (AvgIpc) is 2.93. The van der Waals surface area contributed by atoms with Crippen LogP contribution < -0.4 is 0 Å². The molecule has 1 aliphatic rings. The number of ether oxygens (including phenoxy) is 1. The lowest BCUT2D eigenvalue weighted by Gasteiger charge is -2.29. The van der Waals surface area contributed by atoms with Crippen molar-refractivity contribution < 1.29 is 9.13 Å². The Labute approximate surface area is 136 Å². The largest absolute Gasteiger partial charge is 0.378 e. The van der Waals surface area contributed by atoms with Crippen molar-refractivity contribution in [1.29, 1.82) is 0 Å². The number of benzene rings is 1. The van der Waals surface area contributed by atoms with E-state index in [1.165, 1.54) is 4.88 Å². The van der Waals surface area contributed by atoms with Gasteiger partial charge in [-0.05, 0) is 42.7 Å². The summed E-state index contributed by atoms with van der Waals surface area (Å²) in [7, 11) is 0. The molecule has 2 atom stereocenters. The first kappa shape index (κ1) is 15.9. The van der Waals surface area contributed by atoms with Crippen LogP contribution in [0.1, 0.15) is 62.3 Å². The van der Waals surface area contributed by atoms with Crippen molar-refractivity contribution in [3.8, 4) is 0 Å². The number of aryl methyl sites for hydroxylation is 1. The highest BCUT2D eigenvalue weighted by molar-refractivity contribution is 7.19. The maximum atomic E-state index is 14.9. The van der Waals surface area contributed by atoms with Gasteiger partial charge >= 0.3 is 0 Å². The van der Waals surface area contributed by atoms with Crippen LogP contribution in [-0.2, 0) is 11.2 Å². The fourth-order valence-corrected chi connectivity index (χ4v) is 4.63. The highest BCUT2D eigenvalue weighted by Gasteiger charge is 2.25. The second-order valence-electron chi connectivity index (χ2n) is 6.37. The van der Waals surface area contributed by atoms with Crippen LogP contribution in [0.15, 0.2) is 18.2 Å². The molecule has 2 unspecified atom stereocenters. The summed E-state index contributed by atoms with van der Waals surface area (Å²) in [5.41, 5.74) is 0.854. The molecule has 0 saturated carbocycles. The Morgan fingerprint density at radius 1 is 1.23 bits per heavy atom. The van der Waals surface area contributed by atoms with E-state index in [-0.39, 0.29) is 11.7 Å². The zero-order valence-electron chi connectivity index (χ0n) is 13.5. The van der Waals surface area contributed by atoms with Crippen LogP contribution >= 0.6 is 11.3 Å². The molecule has 0 amide bonds. The minimum atomic E-state index is -0.00704. The fourth-order valence-electron chi connectivity index (χ4n) is 3.42. The highest BCUT2D eigenvalue weighted by atomic mass is 32.1. The smallest absolute Gasteiger partial charge is 0.144 e. The molecule has 0 N–H and O–H groups in total. The predicted molar refractivity (Wildman–Crippen MR) is 92.4 cm³/mol. The van der Waals surface area contributed by atoms with Gasteiger partial charge in [0.05, 0.1) is 17.4 Å². The Bertz CT molecular complexity index is 626. The van der Waals surface area contributed by atoms with Gasteiger partial charge in [-0.2, -0.15) is 0 Å². The third-order valence-corrected chi connectivity index (χ3v) is 5.83. The highest BCUT2D eigenvalue weighted by Crippen LogP contribution is 2.36. The first-order chi connectivity index (χ1) is 10.7. The number of thiophene rings is 1. The minimum absolute atomic E-state index is 0.00704. The zero-order chi connectivity index (χ0) is 15.5. The molecule has 0 bridgehead atoms. The van der Waals surface area contributed by atoms with Crippen LogP contribution in [0.5, 0.6) is 0 Å². The average molecular weight is 320 g/mol. The monoisotopic (exact) mass is 320 g/mol. The van der Waals surface area contributed by atoms with Gasteiger partial charge in [-0.3, -0.25) is 0 Å². The summed E-state index contributed by atoms with van der Waals surface area (Å²) >= 11 is 1.62. The van der Waals surface area contributed by atoms with E-state index in [1.807, 2.05) is 6.07 Å². The van der Waals surface area contributed by atoms with E-state index in [1.54, 1.807) is 11.3 Å². The van der Waals surface area contributed by atoms with Crippen molar-refractivity contribution in [2.24, 2.45) is 0 Å². The maximum absolute atomic E-state index is 14.9. The molecule has 22 heavy (non-hydrogen) atoms. The summed E-state index contributed by atoms with van der Waals surface area (Å²) in [6.07, 6.45) is 6.91. The number of hydrogen-bond donors (Lipinski definition) is 0. The Balaban J connectivity index is 1.81. The summed E-state index contributed by atoms with van der Waals surface area (Å²) in [5.74, 6) is 0.210. The lowest BCUT2D eigenvalue weighted by molar-refractivity contribution is -0.00167. The van der Waals surface area contributed by atoms with Crippen molar-refractivity contribution >= 4 is 21.4 Å². The van der Waals surface area contributed by atoms with Gasteiger partial charge in [-0.25, -0.2) is 4.39 Å². The van der Waals surface area contributed by atoms with Gasteiger partial charge in [-0.15, -0.1) is 11.3 Å². The molecule has 120 valence electrons. The second kappa shape index (κ2) is 7.10. The third-order valence-electron chi connectivity index (χ3n) is 4.62. The van der Waals surface area contributed by atoms with E-state index in [9.17, 15) is 4.39 Å². The fraction of sp³-hybridized carbons (Fsp3) is 0.579. The Kier molecular flexibility index (Phi) is 5.14. The van der Waals surface area contributed by atoms with Crippen LogP contribution in [-0.4, -0.2) is 12.7 Å². The summed E-state index contributed by atoms with van der Waals surface area (Å²) in [6, 6.07) is 6.21. The topological polar surface area (TPSA) is 9.23 Å². The van der Waals surface area contributed by atoms with E-state index in [0.29, 0.717) is 12.7 Å². The van der Waals surface area contributed by atoms with Gasteiger partial charge in [0.25, 0.3) is 0 Å². The lowest BCUT2D eigenvalue weighted by atomic mass is 9.89. The number of fused-ring (bicyclic) bond motifs is 1. The molecule has 0 radical (unpaired) electrons. The number of rotatable bonds is 5. The lowest BCUT2D eigenvalue weighted by Crippen LogP contribution is -2.25. The molecule has 1 aromatic carbocycles. The molecule has 2 aromatic rings. The van der Waals surface area contributed by atoms with E-state index < -0.39 is 0 Å². The molecular formula is C19H25FOS. The Morgan fingerprint density at radius 2 is 2.09 bits per heavy atom. The van der Waals surface area contributed by atoms with Crippen LogP contribution in [0.25, 0.3) is 10.1 Å². The Hall–Kier alpha value is -0.930. The van der Waals surface area contributed by atoms with E-state index in [2.05, 4.69) is 26.0 Å². The van der Waals surface area contributed by atoms with Crippen LogP contribution in [0.2, 0.25) is 0 Å². The quantitative estimate of drug-likeness (QED) is 0.651. The summed E-state index contributed by atoms with van der Waals surface area (Å²) in [4.78, 5) is 1.29. The molecule has 3 heteroatoms. The van der Waals surface area contributed by atoms with Crippen molar-refractivity contribution in [2.75, 3.05) is 6.61 Å². The van der Waals surface area contributed by atoms with Crippen molar-refractivity contribution in [1.82, 2.24) is 0 Å². The molecule has 1 nitrogen and oxygen atoms in total. The van der Waals surface area contributed by atoms with Gasteiger partial charge in [-0.1, -0.05) is 38.8 Å². The van der Waals surface area contributed by atoms with Gasteiger partial charge in [0.15, 0.2) is 0 Å². The first-order valence-electron chi connectivity index (χ1n) is 8.55. The first-order valence-corrected chi connectivity index (χ1v) is 9.37. The van der Waals surface area contributed by atoms with Gasteiger partial charge in [0, 0.05) is 10.8 Å². The van der Waals surface area contributed by atoms with Crippen LogP contribution in [0.4, 0.5) is 4.39 Å². The SMILES string of the molecule is CCCc1cc2ccc(C3CCC(CCC)OC3)c(F)c2s1. The van der Waals surface area contributed by atoms with Crippen LogP contribution in [0.3, 0.4) is 0 Å². The molecule has 1 fully saturated rings. The number of hydrogen-bond acceptors (Lipinski definition) is 2. The molecular weight excluding hydrogens is 295 g/mol. The Morgan fingerprint density at radius 3 is 2.77 bits per heavy atom. The van der Waals surface area contributed by atoms with Crippen molar-refractivity contribution in [3.63, 3.8) is 0 Å². The molecule has 1 saturated heterocycles. The molecule has 3 rings (SSSR count). The molecule has 0 aliphatic carbocycles. The summed E-state index contributed by atoms with van der Waals surface area (Å²) in [6.45, 7) is 5.02. The van der Waals surface area contributed by atoms with Gasteiger partial charge < -0.3 is 4.74 Å². The van der Waals surface area contributed by atoms with Gasteiger partial charge in [0.2, 0.25) is 0 Å². The third kappa shape index (κ3) is 3.21. The van der Waals surface area contributed by atoms with E-state index in [4.69, 9.17) is 4.74 Å². The summed E-state index contributed by atoms with van der Waals surface area (Å²) < 4.78 is 21.7. The molecule has 2 heterocycles. The normalized spacial score (nSPS) is 22.3. The second-order valence-corrected chi connectivity index (χ2v) is 7.50. The van der Waals surface area contributed by atoms with E-state index in [0.717, 1.165) is 54.2 Å². The van der Waals surface area contributed by atoms with Crippen molar-refractivity contribution in [2.45, 2.75) is 64.4 Å². The number of halogens is 1. The zero-order valence-corrected chi connectivity index (χ0v) is 14.3. The predicted octanol–water partition coefficient (Wildman–Crippen LogP) is 6.06. The molecule has 1 aromatic heterocycles. The standard InChI is InChI=1S/C19H25FOS/c1-3-5-15-9-7-14(12-21-15)17-10-8-13-11-16(6-4-2)22-19(13)18(17)20/h8,10-11,14-15H,3-7,9,12H2,1-2H3. The molecule has 0 spiro atoms. The minimum Gasteiger partial charge on any atom is -0.378 e. The van der Waals surface area contributed by atoms with Crippen LogP contribution in [0, 0.1) is 5.82 Å². The maximum Gasteiger partial charge on any atom is 0.144 e.